The molecule has 1 amide bonds. The van der Waals surface area contributed by atoms with Crippen LogP contribution in [0.4, 0.5) is 11.5 Å². The topological polar surface area (TPSA) is 115 Å². The molecule has 2 N–H and O–H groups in total. The van der Waals surface area contributed by atoms with E-state index in [1.54, 1.807) is 17.5 Å². The maximum Gasteiger partial charge on any atom is 0.303 e. The van der Waals surface area contributed by atoms with Gasteiger partial charge in [-0.15, -0.1) is 11.3 Å². The van der Waals surface area contributed by atoms with Crippen molar-refractivity contribution in [3.63, 3.8) is 0 Å². The molecule has 0 radical (unpaired) electrons. The number of anilines is 2. The first-order valence-electron chi connectivity index (χ1n) is 16.4. The summed E-state index contributed by atoms with van der Waals surface area (Å²) in [5, 5.41) is 15.1. The third-order valence-corrected chi connectivity index (χ3v) is 10.8. The lowest BCUT2D eigenvalue weighted by molar-refractivity contribution is -0.138. The lowest BCUT2D eigenvalue weighted by Gasteiger charge is -2.18. The number of aliphatic carboxylic acids is 1. The number of halogens is 1. The second-order valence-corrected chi connectivity index (χ2v) is 14.7. The third-order valence-electron chi connectivity index (χ3n) is 9.26. The Morgan fingerprint density at radius 3 is 2.67 bits per heavy atom. The standard InChI is InChI=1S/C37H38ClN7O3S/c1-22-26(6-4-7-27(22)37-42-30-19-45(20-31(30)49-37)32(46)21-43(2)3)28-8-5-9-29(34(28)38)41-36-35-25(10-12-39-36)14-24(16-40-35)18-44-13-11-23(17-44)15-33(47)48/h4-10,12,14,16,23H,11,13,15,17-21H2,1-3H3,(H,39,41)(H,47,48)/t23-/m1/s1. The average Bonchev–Trinajstić information content (AvgIpc) is 3.77. The van der Waals surface area contributed by atoms with Gasteiger partial charge in [-0.25, -0.2) is 9.97 Å². The Morgan fingerprint density at radius 1 is 1.08 bits per heavy atom. The van der Waals surface area contributed by atoms with Crippen LogP contribution in [0.15, 0.2) is 60.9 Å². The normalized spacial score (nSPS) is 16.1. The largest absolute Gasteiger partial charge is 0.481 e. The van der Waals surface area contributed by atoms with Gasteiger partial charge in [-0.2, -0.15) is 0 Å². The number of pyridine rings is 2. The van der Waals surface area contributed by atoms with Gasteiger partial charge in [0.05, 0.1) is 36.0 Å². The summed E-state index contributed by atoms with van der Waals surface area (Å²) in [4.78, 5) is 45.3. The molecule has 49 heavy (non-hydrogen) atoms. The fraction of sp³-hybridized carbons (Fsp3) is 0.324. The number of benzene rings is 2. The molecule has 0 saturated carbocycles. The molecular weight excluding hydrogens is 658 g/mol. The number of rotatable bonds is 10. The van der Waals surface area contributed by atoms with Gasteiger partial charge in [-0.05, 0) is 74.8 Å². The van der Waals surface area contributed by atoms with Crippen LogP contribution in [0.3, 0.4) is 0 Å². The maximum atomic E-state index is 12.6. The van der Waals surface area contributed by atoms with Crippen LogP contribution in [-0.4, -0.2) is 80.4 Å². The van der Waals surface area contributed by atoms with Gasteiger partial charge in [0.1, 0.15) is 10.5 Å². The first-order valence-corrected chi connectivity index (χ1v) is 17.6. The highest BCUT2D eigenvalue weighted by molar-refractivity contribution is 7.15. The summed E-state index contributed by atoms with van der Waals surface area (Å²) in [6.07, 6.45) is 4.76. The van der Waals surface area contributed by atoms with Crippen molar-refractivity contribution in [2.24, 2.45) is 5.92 Å². The molecule has 1 atom stereocenters. The quantitative estimate of drug-likeness (QED) is 0.162. The molecule has 0 aliphatic carbocycles. The summed E-state index contributed by atoms with van der Waals surface area (Å²) in [5.74, 6) is 0.196. The Balaban J connectivity index is 1.10. The predicted molar refractivity (Wildman–Crippen MR) is 194 cm³/mol. The molecule has 2 aliphatic heterocycles. The molecular formula is C37H38ClN7O3S. The zero-order valence-electron chi connectivity index (χ0n) is 27.7. The zero-order chi connectivity index (χ0) is 34.2. The lowest BCUT2D eigenvalue weighted by atomic mass is 9.96. The fourth-order valence-electron chi connectivity index (χ4n) is 6.84. The van der Waals surface area contributed by atoms with Crippen LogP contribution in [0.2, 0.25) is 5.02 Å². The van der Waals surface area contributed by atoms with Crippen molar-refractivity contribution in [1.82, 2.24) is 29.7 Å². The Kier molecular flexibility index (Phi) is 9.34. The van der Waals surface area contributed by atoms with E-state index in [4.69, 9.17) is 26.7 Å². The van der Waals surface area contributed by atoms with Crippen molar-refractivity contribution < 1.29 is 14.7 Å². The molecule has 1 fully saturated rings. The van der Waals surface area contributed by atoms with E-state index in [0.717, 1.165) is 86.0 Å². The van der Waals surface area contributed by atoms with Crippen molar-refractivity contribution in [2.45, 2.75) is 39.4 Å². The minimum atomic E-state index is -0.733. The number of thiazole rings is 1. The molecule has 0 spiro atoms. The number of hydrogen-bond donors (Lipinski definition) is 2. The number of nitrogens with zero attached hydrogens (tertiary/aromatic N) is 6. The molecule has 1 saturated heterocycles. The van der Waals surface area contributed by atoms with Crippen LogP contribution >= 0.6 is 22.9 Å². The van der Waals surface area contributed by atoms with Gasteiger partial charge in [0.2, 0.25) is 5.91 Å². The van der Waals surface area contributed by atoms with Crippen LogP contribution in [0, 0.1) is 12.8 Å². The number of fused-ring (bicyclic) bond motifs is 2. The Bertz CT molecular complexity index is 2040. The van der Waals surface area contributed by atoms with Gasteiger partial charge in [0.15, 0.2) is 5.82 Å². The molecule has 0 bridgehead atoms. The van der Waals surface area contributed by atoms with Crippen LogP contribution in [0.5, 0.6) is 0 Å². The Hall–Kier alpha value is -4.42. The zero-order valence-corrected chi connectivity index (χ0v) is 29.3. The van der Waals surface area contributed by atoms with Gasteiger partial charge < -0.3 is 20.2 Å². The summed E-state index contributed by atoms with van der Waals surface area (Å²) in [7, 11) is 3.81. The van der Waals surface area contributed by atoms with Crippen molar-refractivity contribution in [3.05, 3.63) is 87.6 Å². The van der Waals surface area contributed by atoms with Crippen LogP contribution in [0.1, 0.15) is 34.5 Å². The number of amides is 1. The van der Waals surface area contributed by atoms with E-state index in [1.807, 2.05) is 60.4 Å². The van der Waals surface area contributed by atoms with E-state index in [9.17, 15) is 9.59 Å². The van der Waals surface area contributed by atoms with Gasteiger partial charge >= 0.3 is 5.97 Å². The van der Waals surface area contributed by atoms with E-state index in [0.29, 0.717) is 30.5 Å². The van der Waals surface area contributed by atoms with Crippen molar-refractivity contribution in [2.75, 3.05) is 39.0 Å². The Labute approximate surface area is 294 Å². The van der Waals surface area contributed by atoms with E-state index in [-0.39, 0.29) is 18.2 Å². The van der Waals surface area contributed by atoms with E-state index in [2.05, 4.69) is 40.3 Å². The predicted octanol–water partition coefficient (Wildman–Crippen LogP) is 6.83. The smallest absolute Gasteiger partial charge is 0.303 e. The molecule has 10 nitrogen and oxygen atoms in total. The van der Waals surface area contributed by atoms with E-state index >= 15 is 0 Å². The highest BCUT2D eigenvalue weighted by atomic mass is 35.5. The summed E-state index contributed by atoms with van der Waals surface area (Å²) in [6.45, 7) is 6.04. The number of aromatic nitrogens is 3. The SMILES string of the molecule is Cc1c(-c2nc3c(s2)CN(C(=O)CN(C)C)C3)cccc1-c1cccc(Nc2nccc3cc(CN4CC[C@H](CC(=O)O)C4)cnc23)c1Cl. The molecule has 2 aromatic carbocycles. The van der Waals surface area contributed by atoms with Crippen LogP contribution in [0.25, 0.3) is 32.6 Å². The second kappa shape index (κ2) is 13.8. The summed E-state index contributed by atoms with van der Waals surface area (Å²) in [5.41, 5.74) is 7.59. The monoisotopic (exact) mass is 695 g/mol. The van der Waals surface area contributed by atoms with E-state index in [1.165, 1.54) is 0 Å². The molecule has 3 aromatic heterocycles. The molecule has 12 heteroatoms. The number of likely N-dealkylation sites (N-methyl/N-ethyl adjacent to an activating group) is 1. The van der Waals surface area contributed by atoms with Gasteiger partial charge in [-0.1, -0.05) is 41.9 Å². The van der Waals surface area contributed by atoms with Crippen molar-refractivity contribution in [3.8, 4) is 21.7 Å². The number of carbonyl (C=O) groups is 2. The number of hydrogen-bond acceptors (Lipinski definition) is 9. The molecule has 5 heterocycles. The van der Waals surface area contributed by atoms with Gasteiger partial charge in [0, 0.05) is 53.3 Å². The summed E-state index contributed by atoms with van der Waals surface area (Å²) in [6, 6.07) is 16.2. The molecule has 7 rings (SSSR count). The summed E-state index contributed by atoms with van der Waals surface area (Å²) >= 11 is 8.77. The Morgan fingerprint density at radius 2 is 1.88 bits per heavy atom. The van der Waals surface area contributed by atoms with Crippen LogP contribution < -0.4 is 5.32 Å². The first-order chi connectivity index (χ1) is 23.6. The summed E-state index contributed by atoms with van der Waals surface area (Å²) < 4.78 is 0. The van der Waals surface area contributed by atoms with Crippen molar-refractivity contribution in [1.29, 1.82) is 0 Å². The minimum absolute atomic E-state index is 0.115. The van der Waals surface area contributed by atoms with Gasteiger partial charge in [0.25, 0.3) is 0 Å². The number of likely N-dealkylation sites (tertiary alicyclic amines) is 1. The first kappa shape index (κ1) is 33.1. The second-order valence-electron chi connectivity index (χ2n) is 13.2. The third kappa shape index (κ3) is 7.02. The fourth-order valence-corrected chi connectivity index (χ4v) is 8.28. The average molecular weight is 696 g/mol. The number of nitrogens with one attached hydrogen (secondary N) is 1. The number of carbonyl (C=O) groups excluding carboxylic acids is 1. The lowest BCUT2D eigenvalue weighted by Crippen LogP contribution is -2.34. The molecule has 2 aliphatic rings. The number of carboxylic acids is 1. The molecule has 252 valence electrons. The van der Waals surface area contributed by atoms with Crippen molar-refractivity contribution >= 4 is 57.2 Å². The van der Waals surface area contributed by atoms with Gasteiger partial charge in [-0.3, -0.25) is 19.5 Å². The number of carboxylic acid groups (broad SMARTS) is 1. The molecule has 5 aromatic rings. The maximum absolute atomic E-state index is 12.6. The highest BCUT2D eigenvalue weighted by Crippen LogP contribution is 2.41. The minimum Gasteiger partial charge on any atom is -0.481 e. The highest BCUT2D eigenvalue weighted by Gasteiger charge is 2.28. The van der Waals surface area contributed by atoms with E-state index < -0.39 is 5.97 Å². The van der Waals surface area contributed by atoms with Crippen LogP contribution in [-0.2, 0) is 29.2 Å². The molecule has 0 unspecified atom stereocenters.